The Kier molecular flexibility index (Phi) is 4.44. The lowest BCUT2D eigenvalue weighted by atomic mass is 10.2. The molecule has 20 heavy (non-hydrogen) atoms. The number of nitrogens with one attached hydrogen (secondary N) is 1. The summed E-state index contributed by atoms with van der Waals surface area (Å²) in [6.07, 6.45) is 0. The molecule has 5 nitrogen and oxygen atoms in total. The molecule has 0 atom stereocenters. The molecule has 0 aliphatic heterocycles. The zero-order chi connectivity index (χ0) is 14.4. The molecule has 0 bridgehead atoms. The third-order valence-electron chi connectivity index (χ3n) is 2.66. The van der Waals surface area contributed by atoms with Crippen LogP contribution in [0.5, 0.6) is 11.5 Å². The Labute approximate surface area is 117 Å². The van der Waals surface area contributed by atoms with Crippen LogP contribution >= 0.6 is 0 Å². The second-order valence-electron chi connectivity index (χ2n) is 4.07. The summed E-state index contributed by atoms with van der Waals surface area (Å²) in [6.45, 7) is -0.116. The summed E-state index contributed by atoms with van der Waals surface area (Å²) in [5.74, 6) is 0.819. The van der Waals surface area contributed by atoms with Crippen molar-refractivity contribution in [2.45, 2.75) is 0 Å². The highest BCUT2D eigenvalue weighted by atomic mass is 16.5. The van der Waals surface area contributed by atoms with Gasteiger partial charge in [-0.1, -0.05) is 24.3 Å². The SMILES string of the molecule is COc1ccccc1OCC(=O)Nc1ccccc1N. The number of carbonyl (C=O) groups is 1. The zero-order valence-electron chi connectivity index (χ0n) is 11.1. The number of carbonyl (C=O) groups excluding carboxylic acids is 1. The van der Waals surface area contributed by atoms with Crippen molar-refractivity contribution in [2.75, 3.05) is 24.8 Å². The van der Waals surface area contributed by atoms with Gasteiger partial charge in [-0.3, -0.25) is 4.79 Å². The third kappa shape index (κ3) is 3.41. The van der Waals surface area contributed by atoms with E-state index in [-0.39, 0.29) is 12.5 Å². The van der Waals surface area contributed by atoms with Gasteiger partial charge in [0.2, 0.25) is 0 Å². The number of amides is 1. The molecule has 1 amide bonds. The van der Waals surface area contributed by atoms with Gasteiger partial charge in [-0.15, -0.1) is 0 Å². The first kappa shape index (κ1) is 13.7. The van der Waals surface area contributed by atoms with E-state index in [9.17, 15) is 4.79 Å². The van der Waals surface area contributed by atoms with Gasteiger partial charge in [-0.2, -0.15) is 0 Å². The number of nitrogens with two attached hydrogens (primary N) is 1. The van der Waals surface area contributed by atoms with Gasteiger partial charge in [0.05, 0.1) is 18.5 Å². The lowest BCUT2D eigenvalue weighted by Gasteiger charge is -2.11. The number of rotatable bonds is 5. The van der Waals surface area contributed by atoms with Crippen molar-refractivity contribution < 1.29 is 14.3 Å². The predicted octanol–water partition coefficient (Wildman–Crippen LogP) is 2.29. The molecule has 0 radical (unpaired) electrons. The largest absolute Gasteiger partial charge is 0.493 e. The first-order valence-corrected chi connectivity index (χ1v) is 6.11. The van der Waals surface area contributed by atoms with Crippen LogP contribution in [-0.4, -0.2) is 19.6 Å². The minimum absolute atomic E-state index is 0.116. The highest BCUT2D eigenvalue weighted by Crippen LogP contribution is 2.25. The molecule has 2 aromatic carbocycles. The first-order chi connectivity index (χ1) is 9.70. The maximum absolute atomic E-state index is 11.8. The molecule has 104 valence electrons. The summed E-state index contributed by atoms with van der Waals surface area (Å²) >= 11 is 0. The minimum atomic E-state index is -0.284. The van der Waals surface area contributed by atoms with E-state index in [1.807, 2.05) is 12.1 Å². The molecule has 0 spiro atoms. The number of hydrogen-bond acceptors (Lipinski definition) is 4. The van der Waals surface area contributed by atoms with Crippen molar-refractivity contribution in [3.05, 3.63) is 48.5 Å². The maximum atomic E-state index is 11.8. The van der Waals surface area contributed by atoms with Crippen LogP contribution in [-0.2, 0) is 4.79 Å². The zero-order valence-corrected chi connectivity index (χ0v) is 11.1. The summed E-state index contributed by atoms with van der Waals surface area (Å²) in [4.78, 5) is 11.8. The molecule has 0 aliphatic carbocycles. The molecule has 0 saturated carbocycles. The molecule has 3 N–H and O–H groups in total. The maximum Gasteiger partial charge on any atom is 0.262 e. The van der Waals surface area contributed by atoms with E-state index >= 15 is 0 Å². The van der Waals surface area contributed by atoms with Crippen LogP contribution in [0.3, 0.4) is 0 Å². The van der Waals surface area contributed by atoms with Crippen molar-refractivity contribution in [3.63, 3.8) is 0 Å². The number of hydrogen-bond donors (Lipinski definition) is 2. The monoisotopic (exact) mass is 272 g/mol. The predicted molar refractivity (Wildman–Crippen MR) is 78.0 cm³/mol. The van der Waals surface area contributed by atoms with Crippen LogP contribution in [0.4, 0.5) is 11.4 Å². The van der Waals surface area contributed by atoms with Gasteiger partial charge in [0.25, 0.3) is 5.91 Å². The molecule has 0 saturated heterocycles. The van der Waals surface area contributed by atoms with Crippen LogP contribution in [0.2, 0.25) is 0 Å². The van der Waals surface area contributed by atoms with Crippen molar-refractivity contribution in [1.29, 1.82) is 0 Å². The molecule has 5 heteroatoms. The average Bonchev–Trinajstić information content (AvgIpc) is 2.48. The van der Waals surface area contributed by atoms with E-state index in [0.717, 1.165) is 0 Å². The van der Waals surface area contributed by atoms with Gasteiger partial charge in [0, 0.05) is 0 Å². The van der Waals surface area contributed by atoms with Crippen molar-refractivity contribution >= 4 is 17.3 Å². The molecule has 2 aromatic rings. The molecule has 0 fully saturated rings. The van der Waals surface area contributed by atoms with Gasteiger partial charge in [0.15, 0.2) is 18.1 Å². The highest BCUT2D eigenvalue weighted by Gasteiger charge is 2.08. The Balaban J connectivity index is 1.94. The van der Waals surface area contributed by atoms with Gasteiger partial charge >= 0.3 is 0 Å². The van der Waals surface area contributed by atoms with Crippen molar-refractivity contribution in [2.24, 2.45) is 0 Å². The second kappa shape index (κ2) is 6.47. The number of methoxy groups -OCH3 is 1. The summed E-state index contributed by atoms with van der Waals surface area (Å²) in [5, 5.41) is 2.69. The average molecular weight is 272 g/mol. The molecule has 0 aliphatic rings. The first-order valence-electron chi connectivity index (χ1n) is 6.11. The van der Waals surface area contributed by atoms with Crippen LogP contribution < -0.4 is 20.5 Å². The topological polar surface area (TPSA) is 73.6 Å². The lowest BCUT2D eigenvalue weighted by Crippen LogP contribution is -2.20. The molecule has 0 unspecified atom stereocenters. The number of anilines is 2. The fourth-order valence-electron chi connectivity index (χ4n) is 1.68. The minimum Gasteiger partial charge on any atom is -0.493 e. The van der Waals surface area contributed by atoms with Crippen molar-refractivity contribution in [1.82, 2.24) is 0 Å². The Morgan fingerprint density at radius 3 is 2.45 bits per heavy atom. The molecular weight excluding hydrogens is 256 g/mol. The lowest BCUT2D eigenvalue weighted by molar-refractivity contribution is -0.118. The van der Waals surface area contributed by atoms with E-state index < -0.39 is 0 Å². The van der Waals surface area contributed by atoms with E-state index in [4.69, 9.17) is 15.2 Å². The highest BCUT2D eigenvalue weighted by molar-refractivity contribution is 5.94. The summed E-state index contributed by atoms with van der Waals surface area (Å²) < 4.78 is 10.6. The van der Waals surface area contributed by atoms with E-state index in [2.05, 4.69) is 5.32 Å². The summed E-state index contributed by atoms with van der Waals surface area (Å²) in [6, 6.07) is 14.2. The Morgan fingerprint density at radius 2 is 1.75 bits per heavy atom. The quantitative estimate of drug-likeness (QED) is 0.819. The second-order valence-corrected chi connectivity index (χ2v) is 4.07. The van der Waals surface area contributed by atoms with Gasteiger partial charge < -0.3 is 20.5 Å². The van der Waals surface area contributed by atoms with E-state index in [1.54, 1.807) is 43.5 Å². The van der Waals surface area contributed by atoms with Gasteiger partial charge in [0.1, 0.15) is 0 Å². The van der Waals surface area contributed by atoms with Crippen LogP contribution in [0.25, 0.3) is 0 Å². The van der Waals surface area contributed by atoms with Crippen LogP contribution in [0.15, 0.2) is 48.5 Å². The molecule has 2 rings (SSSR count). The number of para-hydroxylation sites is 4. The van der Waals surface area contributed by atoms with Crippen molar-refractivity contribution in [3.8, 4) is 11.5 Å². The normalized spacial score (nSPS) is 9.85. The summed E-state index contributed by atoms with van der Waals surface area (Å²) in [7, 11) is 1.55. The van der Waals surface area contributed by atoms with Crippen LogP contribution in [0.1, 0.15) is 0 Å². The third-order valence-corrected chi connectivity index (χ3v) is 2.66. The van der Waals surface area contributed by atoms with Crippen LogP contribution in [0, 0.1) is 0 Å². The standard InChI is InChI=1S/C15H16N2O3/c1-19-13-8-4-5-9-14(13)20-10-15(18)17-12-7-3-2-6-11(12)16/h2-9H,10,16H2,1H3,(H,17,18). The molecule has 0 aromatic heterocycles. The summed E-state index contributed by atoms with van der Waals surface area (Å²) in [5.41, 5.74) is 6.83. The Morgan fingerprint density at radius 1 is 1.10 bits per heavy atom. The fourth-order valence-corrected chi connectivity index (χ4v) is 1.68. The molecule has 0 heterocycles. The van der Waals surface area contributed by atoms with Gasteiger partial charge in [-0.05, 0) is 24.3 Å². The Hall–Kier alpha value is -2.69. The number of benzene rings is 2. The van der Waals surface area contributed by atoms with E-state index in [1.165, 1.54) is 0 Å². The Bertz CT molecular complexity index is 599. The molecular formula is C15H16N2O3. The van der Waals surface area contributed by atoms with Gasteiger partial charge in [-0.25, -0.2) is 0 Å². The van der Waals surface area contributed by atoms with E-state index in [0.29, 0.717) is 22.9 Å². The number of ether oxygens (including phenoxy) is 2. The smallest absolute Gasteiger partial charge is 0.262 e. The fraction of sp³-hybridized carbons (Fsp3) is 0.133. The number of nitrogen functional groups attached to an aromatic ring is 1.